The summed E-state index contributed by atoms with van der Waals surface area (Å²) in [4.78, 5) is 31.0. The molecule has 0 aliphatic rings. The minimum absolute atomic E-state index is 0.216. The summed E-state index contributed by atoms with van der Waals surface area (Å²) in [5.74, 6) is -0.758. The Hall–Kier alpha value is -4.31. The molecule has 0 amide bonds. The summed E-state index contributed by atoms with van der Waals surface area (Å²) >= 11 is 0. The van der Waals surface area contributed by atoms with Crippen molar-refractivity contribution in [3.63, 3.8) is 0 Å². The average Bonchev–Trinajstić information content (AvgIpc) is 2.88. The summed E-state index contributed by atoms with van der Waals surface area (Å²) in [6.07, 6.45) is 0. The van der Waals surface area contributed by atoms with Crippen LogP contribution in [0, 0.1) is 20.8 Å². The number of ketones is 1. The van der Waals surface area contributed by atoms with Crippen LogP contribution in [0.4, 0.5) is 0 Å². The zero-order chi connectivity index (χ0) is 24.5. The van der Waals surface area contributed by atoms with Crippen molar-refractivity contribution in [2.45, 2.75) is 20.8 Å². The summed E-state index contributed by atoms with van der Waals surface area (Å²) in [5, 5.41) is 2.84. The molecule has 0 spiro atoms. The van der Waals surface area contributed by atoms with Gasteiger partial charge in [-0.3, -0.25) is 4.79 Å². The molecule has 4 aromatic carbocycles. The van der Waals surface area contributed by atoms with Crippen LogP contribution in [-0.2, 0) is 4.74 Å². The summed E-state index contributed by atoms with van der Waals surface area (Å²) in [6, 6.07) is 27.2. The van der Waals surface area contributed by atoms with Crippen LogP contribution in [0.3, 0.4) is 0 Å². The number of pyridine rings is 1. The molecule has 0 radical (unpaired) electrons. The molecule has 0 bridgehead atoms. The van der Waals surface area contributed by atoms with E-state index in [1.165, 1.54) is 0 Å². The molecule has 0 saturated heterocycles. The van der Waals surface area contributed by atoms with E-state index in [2.05, 4.69) is 12.1 Å². The number of esters is 1. The molecule has 35 heavy (non-hydrogen) atoms. The standard InChI is InChI=1S/C31H25NO3/c1-19-15-21(3)26(16-20(19)2)30(33)18-35-31(34)27-17-29(32-28-14-7-6-12-25(27)28)24-13-8-10-22-9-4-5-11-23(22)24/h4-17H,18H2,1-3H3. The number of carbonyl (C=O) groups excluding carboxylic acids is 2. The van der Waals surface area contributed by atoms with E-state index in [9.17, 15) is 9.59 Å². The first-order valence-corrected chi connectivity index (χ1v) is 11.6. The third-order valence-electron chi connectivity index (χ3n) is 6.48. The van der Waals surface area contributed by atoms with Gasteiger partial charge in [0.1, 0.15) is 0 Å². The fraction of sp³-hybridized carbons (Fsp3) is 0.129. The van der Waals surface area contributed by atoms with Crippen LogP contribution in [0.1, 0.15) is 37.4 Å². The zero-order valence-electron chi connectivity index (χ0n) is 20.0. The minimum atomic E-state index is -0.542. The monoisotopic (exact) mass is 459 g/mol. The van der Waals surface area contributed by atoms with Gasteiger partial charge in [0, 0.05) is 16.5 Å². The van der Waals surface area contributed by atoms with E-state index in [1.54, 1.807) is 6.07 Å². The molecule has 4 nitrogen and oxygen atoms in total. The van der Waals surface area contributed by atoms with Crippen molar-refractivity contribution in [1.82, 2.24) is 4.98 Å². The van der Waals surface area contributed by atoms with Gasteiger partial charge in [0.25, 0.3) is 0 Å². The molecule has 4 heteroatoms. The summed E-state index contributed by atoms with van der Waals surface area (Å²) in [7, 11) is 0. The number of hydrogen-bond donors (Lipinski definition) is 0. The van der Waals surface area contributed by atoms with Crippen molar-refractivity contribution in [2.75, 3.05) is 6.61 Å². The third-order valence-corrected chi connectivity index (χ3v) is 6.48. The van der Waals surface area contributed by atoms with Gasteiger partial charge >= 0.3 is 5.97 Å². The number of Topliss-reactive ketones (excluding diaryl/α,β-unsaturated/α-hetero) is 1. The minimum Gasteiger partial charge on any atom is -0.454 e. The number of hydrogen-bond acceptors (Lipinski definition) is 4. The van der Waals surface area contributed by atoms with E-state index in [4.69, 9.17) is 9.72 Å². The van der Waals surface area contributed by atoms with Gasteiger partial charge < -0.3 is 4.74 Å². The molecule has 0 aliphatic heterocycles. The van der Waals surface area contributed by atoms with Gasteiger partial charge in [-0.05, 0) is 66.4 Å². The molecule has 5 rings (SSSR count). The van der Waals surface area contributed by atoms with E-state index in [0.717, 1.165) is 33.0 Å². The molecule has 172 valence electrons. The van der Waals surface area contributed by atoms with Crippen LogP contribution in [0.15, 0.2) is 84.9 Å². The summed E-state index contributed by atoms with van der Waals surface area (Å²) in [6.45, 7) is 5.56. The van der Waals surface area contributed by atoms with Gasteiger partial charge in [-0.1, -0.05) is 66.7 Å². The zero-order valence-corrected chi connectivity index (χ0v) is 20.0. The van der Waals surface area contributed by atoms with Crippen LogP contribution in [0.5, 0.6) is 0 Å². The van der Waals surface area contributed by atoms with Gasteiger partial charge in [-0.25, -0.2) is 9.78 Å². The number of fused-ring (bicyclic) bond motifs is 2. The summed E-state index contributed by atoms with van der Waals surface area (Å²) < 4.78 is 5.54. The molecular formula is C31H25NO3. The Bertz CT molecular complexity index is 1610. The highest BCUT2D eigenvalue weighted by atomic mass is 16.5. The number of para-hydroxylation sites is 1. The number of ether oxygens (including phenoxy) is 1. The maximum atomic E-state index is 13.2. The average molecular weight is 460 g/mol. The second-order valence-corrected chi connectivity index (χ2v) is 8.85. The largest absolute Gasteiger partial charge is 0.454 e. The molecular weight excluding hydrogens is 434 g/mol. The van der Waals surface area contributed by atoms with Gasteiger partial charge in [-0.15, -0.1) is 0 Å². The molecule has 0 atom stereocenters. The lowest BCUT2D eigenvalue weighted by Gasteiger charge is -2.12. The smallest absolute Gasteiger partial charge is 0.339 e. The molecule has 0 N–H and O–H groups in total. The van der Waals surface area contributed by atoms with Crippen molar-refractivity contribution in [1.29, 1.82) is 0 Å². The van der Waals surface area contributed by atoms with Crippen molar-refractivity contribution >= 4 is 33.4 Å². The summed E-state index contributed by atoms with van der Waals surface area (Å²) in [5.41, 5.74) is 6.32. The second-order valence-electron chi connectivity index (χ2n) is 8.85. The van der Waals surface area contributed by atoms with Gasteiger partial charge in [0.2, 0.25) is 5.78 Å². The van der Waals surface area contributed by atoms with Gasteiger partial charge in [-0.2, -0.15) is 0 Å². The second kappa shape index (κ2) is 9.15. The lowest BCUT2D eigenvalue weighted by molar-refractivity contribution is 0.0476. The fourth-order valence-electron chi connectivity index (χ4n) is 4.48. The molecule has 0 saturated carbocycles. The van der Waals surface area contributed by atoms with Crippen molar-refractivity contribution < 1.29 is 14.3 Å². The first kappa shape index (κ1) is 22.5. The number of benzene rings is 4. The molecule has 5 aromatic rings. The van der Waals surface area contributed by atoms with E-state index in [-0.39, 0.29) is 12.4 Å². The lowest BCUT2D eigenvalue weighted by atomic mass is 9.98. The van der Waals surface area contributed by atoms with Crippen LogP contribution in [0.2, 0.25) is 0 Å². The Morgan fingerprint density at radius 1 is 0.714 bits per heavy atom. The van der Waals surface area contributed by atoms with E-state index in [0.29, 0.717) is 27.7 Å². The van der Waals surface area contributed by atoms with Gasteiger partial charge in [0.15, 0.2) is 6.61 Å². The number of nitrogens with zero attached hydrogens (tertiary/aromatic N) is 1. The van der Waals surface area contributed by atoms with E-state index in [1.807, 2.05) is 87.5 Å². The molecule has 0 aliphatic carbocycles. The Labute approximate surface area is 204 Å². The number of carbonyl (C=O) groups is 2. The highest BCUT2D eigenvalue weighted by Crippen LogP contribution is 2.31. The maximum absolute atomic E-state index is 13.2. The Morgan fingerprint density at radius 2 is 1.40 bits per heavy atom. The fourth-order valence-corrected chi connectivity index (χ4v) is 4.48. The number of rotatable bonds is 5. The normalized spacial score (nSPS) is 11.1. The van der Waals surface area contributed by atoms with Crippen LogP contribution < -0.4 is 0 Å². The predicted octanol–water partition coefficient (Wildman–Crippen LogP) is 7.02. The lowest BCUT2D eigenvalue weighted by Crippen LogP contribution is -2.16. The number of aromatic nitrogens is 1. The van der Waals surface area contributed by atoms with Crippen LogP contribution in [0.25, 0.3) is 32.9 Å². The van der Waals surface area contributed by atoms with Crippen LogP contribution >= 0.6 is 0 Å². The van der Waals surface area contributed by atoms with Crippen molar-refractivity contribution in [3.8, 4) is 11.3 Å². The molecule has 1 heterocycles. The first-order valence-electron chi connectivity index (χ1n) is 11.6. The highest BCUT2D eigenvalue weighted by Gasteiger charge is 2.19. The first-order chi connectivity index (χ1) is 16.9. The topological polar surface area (TPSA) is 56.3 Å². The molecule has 1 aromatic heterocycles. The quantitative estimate of drug-likeness (QED) is 0.209. The Morgan fingerprint density at radius 3 is 2.23 bits per heavy atom. The van der Waals surface area contributed by atoms with E-state index < -0.39 is 5.97 Å². The Kier molecular flexibility index (Phi) is 5.87. The highest BCUT2D eigenvalue weighted by molar-refractivity contribution is 6.07. The third kappa shape index (κ3) is 4.31. The Balaban J connectivity index is 1.51. The van der Waals surface area contributed by atoms with E-state index >= 15 is 0 Å². The predicted molar refractivity (Wildman–Crippen MR) is 140 cm³/mol. The van der Waals surface area contributed by atoms with Crippen LogP contribution in [-0.4, -0.2) is 23.3 Å². The number of aryl methyl sites for hydroxylation is 3. The van der Waals surface area contributed by atoms with Gasteiger partial charge in [0.05, 0.1) is 16.8 Å². The van der Waals surface area contributed by atoms with Crippen molar-refractivity contribution in [3.05, 3.63) is 113 Å². The van der Waals surface area contributed by atoms with Crippen molar-refractivity contribution in [2.24, 2.45) is 0 Å². The SMILES string of the molecule is Cc1cc(C)c(C(=O)COC(=O)c2cc(-c3cccc4ccccc34)nc3ccccc23)cc1C. The molecule has 0 unspecified atom stereocenters. The maximum Gasteiger partial charge on any atom is 0.339 e. The molecule has 0 fully saturated rings.